The Morgan fingerprint density at radius 1 is 1.20 bits per heavy atom. The number of nitrogens with one attached hydrogen (secondary N) is 2. The Kier molecular flexibility index (Phi) is 4.54. The summed E-state index contributed by atoms with van der Waals surface area (Å²) in [6.07, 6.45) is 1.45. The molecule has 20 heavy (non-hydrogen) atoms. The monoisotopic (exact) mass is 338 g/mol. The molecule has 6 heteroatoms. The zero-order valence-electron chi connectivity index (χ0n) is 11.5. The smallest absolute Gasteiger partial charge is 0.147 e. The predicted molar refractivity (Wildman–Crippen MR) is 83.1 cm³/mol. The van der Waals surface area contributed by atoms with Crippen molar-refractivity contribution in [1.29, 1.82) is 0 Å². The second-order valence-electron chi connectivity index (χ2n) is 4.61. The van der Waals surface area contributed by atoms with Gasteiger partial charge in [0.1, 0.15) is 23.8 Å². The van der Waals surface area contributed by atoms with Crippen LogP contribution in [0.1, 0.15) is 25.3 Å². The van der Waals surface area contributed by atoms with Crippen molar-refractivity contribution in [3.63, 3.8) is 0 Å². The summed E-state index contributed by atoms with van der Waals surface area (Å²) in [4.78, 5) is 8.43. The van der Waals surface area contributed by atoms with Gasteiger partial charge in [-0.3, -0.25) is 0 Å². The second-order valence-corrected chi connectivity index (χ2v) is 5.47. The fourth-order valence-electron chi connectivity index (χ4n) is 1.98. The fourth-order valence-corrected chi connectivity index (χ4v) is 2.42. The van der Waals surface area contributed by atoms with E-state index in [1.54, 1.807) is 19.2 Å². The van der Waals surface area contributed by atoms with Gasteiger partial charge >= 0.3 is 0 Å². The van der Waals surface area contributed by atoms with E-state index in [-0.39, 0.29) is 11.7 Å². The Morgan fingerprint density at radius 2 is 1.90 bits per heavy atom. The van der Waals surface area contributed by atoms with E-state index in [9.17, 15) is 4.39 Å². The SMILES string of the molecule is CNc1ncnc(Nc2c(F)cccc2Br)c1C(C)C. The maximum absolute atomic E-state index is 13.9. The molecule has 106 valence electrons. The number of benzene rings is 1. The van der Waals surface area contributed by atoms with Crippen molar-refractivity contribution >= 4 is 33.3 Å². The van der Waals surface area contributed by atoms with Crippen molar-refractivity contribution in [3.05, 3.63) is 40.4 Å². The standard InChI is InChI=1S/C14H16BrFN4/c1-8(2)11-13(17-3)18-7-19-14(11)20-12-9(15)5-4-6-10(12)16/h4-8H,1-3H3,(H2,17,18,19,20). The highest BCUT2D eigenvalue weighted by Gasteiger charge is 2.16. The third-order valence-electron chi connectivity index (χ3n) is 2.90. The first-order valence-electron chi connectivity index (χ1n) is 6.28. The molecule has 0 fully saturated rings. The molecule has 0 radical (unpaired) electrons. The van der Waals surface area contributed by atoms with E-state index in [0.29, 0.717) is 16.0 Å². The molecule has 0 amide bonds. The molecule has 1 heterocycles. The lowest BCUT2D eigenvalue weighted by molar-refractivity contribution is 0.631. The molecule has 0 spiro atoms. The van der Waals surface area contributed by atoms with Crippen molar-refractivity contribution < 1.29 is 4.39 Å². The number of halogens is 2. The lowest BCUT2D eigenvalue weighted by atomic mass is 10.0. The molecule has 0 bridgehead atoms. The third-order valence-corrected chi connectivity index (χ3v) is 3.57. The van der Waals surface area contributed by atoms with E-state index in [1.807, 2.05) is 13.8 Å². The van der Waals surface area contributed by atoms with Crippen molar-refractivity contribution in [3.8, 4) is 0 Å². The molecule has 0 atom stereocenters. The number of nitrogens with zero attached hydrogens (tertiary/aromatic N) is 2. The molecule has 1 aromatic carbocycles. The molecule has 2 rings (SSSR count). The van der Waals surface area contributed by atoms with Gasteiger partial charge in [0.2, 0.25) is 0 Å². The number of rotatable bonds is 4. The van der Waals surface area contributed by atoms with Crippen molar-refractivity contribution in [1.82, 2.24) is 9.97 Å². The average molecular weight is 339 g/mol. The van der Waals surface area contributed by atoms with E-state index in [0.717, 1.165) is 11.4 Å². The highest BCUT2D eigenvalue weighted by atomic mass is 79.9. The van der Waals surface area contributed by atoms with Crippen LogP contribution in [0.3, 0.4) is 0 Å². The van der Waals surface area contributed by atoms with Crippen LogP contribution in [0.25, 0.3) is 0 Å². The Balaban J connectivity index is 2.49. The minimum atomic E-state index is -0.335. The summed E-state index contributed by atoms with van der Waals surface area (Å²) < 4.78 is 14.5. The Labute approximate surface area is 126 Å². The summed E-state index contributed by atoms with van der Waals surface area (Å²) in [5.74, 6) is 1.21. The largest absolute Gasteiger partial charge is 0.373 e. The van der Waals surface area contributed by atoms with E-state index in [4.69, 9.17) is 0 Å². The quantitative estimate of drug-likeness (QED) is 0.873. The second kappa shape index (κ2) is 6.17. The summed E-state index contributed by atoms with van der Waals surface area (Å²) in [7, 11) is 1.80. The van der Waals surface area contributed by atoms with Gasteiger partial charge in [0.25, 0.3) is 0 Å². The summed E-state index contributed by atoms with van der Waals surface area (Å²) in [5, 5.41) is 6.09. The summed E-state index contributed by atoms with van der Waals surface area (Å²) in [5.41, 5.74) is 1.29. The molecule has 0 unspecified atom stereocenters. The van der Waals surface area contributed by atoms with E-state index < -0.39 is 0 Å². The van der Waals surface area contributed by atoms with E-state index in [1.165, 1.54) is 12.4 Å². The molecule has 4 nitrogen and oxygen atoms in total. The van der Waals surface area contributed by atoms with Gasteiger partial charge in [-0.25, -0.2) is 14.4 Å². The van der Waals surface area contributed by atoms with E-state index >= 15 is 0 Å². The van der Waals surface area contributed by atoms with Crippen LogP contribution < -0.4 is 10.6 Å². The number of anilines is 3. The average Bonchev–Trinajstić information content (AvgIpc) is 2.42. The van der Waals surface area contributed by atoms with E-state index in [2.05, 4.69) is 36.5 Å². The predicted octanol–water partition coefficient (Wildman–Crippen LogP) is 4.29. The van der Waals surface area contributed by atoms with Crippen molar-refractivity contribution in [2.75, 3.05) is 17.7 Å². The van der Waals surface area contributed by atoms with Crippen LogP contribution in [0.2, 0.25) is 0 Å². The molecular weight excluding hydrogens is 323 g/mol. The minimum absolute atomic E-state index is 0.201. The molecule has 2 N–H and O–H groups in total. The topological polar surface area (TPSA) is 49.8 Å². The first-order valence-corrected chi connectivity index (χ1v) is 7.07. The summed E-state index contributed by atoms with van der Waals surface area (Å²) in [6, 6.07) is 4.83. The Hall–Kier alpha value is -1.69. The summed E-state index contributed by atoms with van der Waals surface area (Å²) in [6.45, 7) is 4.09. The van der Waals surface area contributed by atoms with Gasteiger partial charge in [-0.2, -0.15) is 0 Å². The van der Waals surface area contributed by atoms with Crippen LogP contribution in [0.5, 0.6) is 0 Å². The molecule has 0 aliphatic carbocycles. The van der Waals surface area contributed by atoms with Crippen LogP contribution in [0, 0.1) is 5.82 Å². The van der Waals surface area contributed by atoms with Gasteiger partial charge in [-0.15, -0.1) is 0 Å². The van der Waals surface area contributed by atoms with Gasteiger partial charge in [0, 0.05) is 17.1 Å². The van der Waals surface area contributed by atoms with Gasteiger partial charge in [-0.05, 0) is 34.0 Å². The third kappa shape index (κ3) is 2.90. The lowest BCUT2D eigenvalue weighted by Gasteiger charge is -2.17. The highest BCUT2D eigenvalue weighted by Crippen LogP contribution is 2.33. The first kappa shape index (κ1) is 14.7. The summed E-state index contributed by atoms with van der Waals surface area (Å²) >= 11 is 3.34. The molecule has 1 aromatic heterocycles. The van der Waals surface area contributed by atoms with Crippen LogP contribution in [-0.2, 0) is 0 Å². The Bertz CT molecular complexity index is 596. The fraction of sp³-hybridized carbons (Fsp3) is 0.286. The molecule has 0 saturated carbocycles. The van der Waals surface area contributed by atoms with Crippen LogP contribution in [0.4, 0.5) is 21.7 Å². The number of para-hydroxylation sites is 1. The van der Waals surface area contributed by atoms with Crippen LogP contribution >= 0.6 is 15.9 Å². The number of aromatic nitrogens is 2. The molecule has 0 aliphatic heterocycles. The zero-order valence-corrected chi connectivity index (χ0v) is 13.1. The number of hydrogen-bond acceptors (Lipinski definition) is 4. The normalized spacial score (nSPS) is 10.7. The minimum Gasteiger partial charge on any atom is -0.373 e. The maximum atomic E-state index is 13.9. The number of hydrogen-bond donors (Lipinski definition) is 2. The van der Waals surface area contributed by atoms with Crippen molar-refractivity contribution in [2.24, 2.45) is 0 Å². The first-order chi connectivity index (χ1) is 9.54. The van der Waals surface area contributed by atoms with Crippen molar-refractivity contribution in [2.45, 2.75) is 19.8 Å². The molecule has 0 aliphatic rings. The van der Waals surface area contributed by atoms with Gasteiger partial charge in [-0.1, -0.05) is 19.9 Å². The molecule has 2 aromatic rings. The van der Waals surface area contributed by atoms with Crippen LogP contribution in [-0.4, -0.2) is 17.0 Å². The molecule has 0 saturated heterocycles. The van der Waals surface area contributed by atoms with Gasteiger partial charge in [0.05, 0.1) is 5.69 Å². The van der Waals surface area contributed by atoms with Gasteiger partial charge in [0.15, 0.2) is 0 Å². The van der Waals surface area contributed by atoms with Crippen LogP contribution in [0.15, 0.2) is 29.0 Å². The molecular formula is C14H16BrFN4. The maximum Gasteiger partial charge on any atom is 0.147 e. The zero-order chi connectivity index (χ0) is 14.7. The van der Waals surface area contributed by atoms with Gasteiger partial charge < -0.3 is 10.6 Å². The highest BCUT2D eigenvalue weighted by molar-refractivity contribution is 9.10. The Morgan fingerprint density at radius 3 is 2.50 bits per heavy atom. The lowest BCUT2D eigenvalue weighted by Crippen LogP contribution is -2.07.